The van der Waals surface area contributed by atoms with Crippen molar-refractivity contribution < 1.29 is 0 Å². The van der Waals surface area contributed by atoms with Gasteiger partial charge in [-0.25, -0.2) is 0 Å². The first-order chi connectivity index (χ1) is 9.72. The van der Waals surface area contributed by atoms with Crippen LogP contribution in [-0.4, -0.2) is 11.7 Å². The van der Waals surface area contributed by atoms with Gasteiger partial charge in [0.05, 0.1) is 0 Å². The molecule has 0 unspecified atom stereocenters. The summed E-state index contributed by atoms with van der Waals surface area (Å²) < 4.78 is 0. The summed E-state index contributed by atoms with van der Waals surface area (Å²) in [5.74, 6) is 0. The van der Waals surface area contributed by atoms with Crippen molar-refractivity contribution in [3.05, 3.63) is 29.8 Å². The third kappa shape index (κ3) is 8.16. The Bertz CT molecular complexity index is 373. The quantitative estimate of drug-likeness (QED) is 0.493. The van der Waals surface area contributed by atoms with Crippen molar-refractivity contribution in [1.82, 2.24) is 5.32 Å². The van der Waals surface area contributed by atoms with Crippen LogP contribution in [0.25, 0.3) is 0 Å². The van der Waals surface area contributed by atoms with Crippen LogP contribution in [0, 0.1) is 6.92 Å². The molecule has 0 heterocycles. The fourth-order valence-electron chi connectivity index (χ4n) is 2.10. The largest absolute Gasteiger partial charge is 0.362 e. The van der Waals surface area contributed by atoms with E-state index in [-0.39, 0.29) is 0 Å². The normalized spacial score (nSPS) is 10.3. The highest BCUT2D eigenvalue weighted by atomic mass is 32.1. The molecule has 0 spiro atoms. The fourth-order valence-corrected chi connectivity index (χ4v) is 2.32. The van der Waals surface area contributed by atoms with Gasteiger partial charge in [-0.15, -0.1) is 0 Å². The maximum atomic E-state index is 5.28. The van der Waals surface area contributed by atoms with E-state index in [1.807, 2.05) is 0 Å². The van der Waals surface area contributed by atoms with Crippen LogP contribution >= 0.6 is 12.2 Å². The maximum absolute atomic E-state index is 5.28. The van der Waals surface area contributed by atoms with Crippen LogP contribution in [0.4, 0.5) is 5.69 Å². The second kappa shape index (κ2) is 10.7. The Morgan fingerprint density at radius 3 is 2.20 bits per heavy atom. The molecule has 0 fully saturated rings. The van der Waals surface area contributed by atoms with Crippen molar-refractivity contribution in [1.29, 1.82) is 0 Å². The summed E-state index contributed by atoms with van der Waals surface area (Å²) in [5, 5.41) is 7.20. The van der Waals surface area contributed by atoms with E-state index < -0.39 is 0 Å². The Morgan fingerprint density at radius 2 is 1.55 bits per heavy atom. The minimum atomic E-state index is 0.722. The number of aryl methyl sites for hydroxylation is 1. The van der Waals surface area contributed by atoms with Gasteiger partial charge in [0.2, 0.25) is 0 Å². The molecule has 0 aromatic heterocycles. The summed E-state index contributed by atoms with van der Waals surface area (Å²) in [6.45, 7) is 5.30. The zero-order valence-corrected chi connectivity index (χ0v) is 13.7. The first kappa shape index (κ1) is 17.0. The van der Waals surface area contributed by atoms with Crippen LogP contribution in [0.15, 0.2) is 24.3 Å². The van der Waals surface area contributed by atoms with Crippen molar-refractivity contribution in [3.63, 3.8) is 0 Å². The van der Waals surface area contributed by atoms with Gasteiger partial charge in [-0.1, -0.05) is 63.1 Å². The average molecular weight is 292 g/mol. The maximum Gasteiger partial charge on any atom is 0.170 e. The smallest absolute Gasteiger partial charge is 0.170 e. The number of anilines is 1. The number of thiocarbonyl (C=S) groups is 1. The number of benzene rings is 1. The monoisotopic (exact) mass is 292 g/mol. The Labute approximate surface area is 129 Å². The Kier molecular flexibility index (Phi) is 9.05. The molecule has 2 N–H and O–H groups in total. The molecule has 0 saturated carbocycles. The van der Waals surface area contributed by atoms with Crippen molar-refractivity contribution >= 4 is 23.0 Å². The lowest BCUT2D eigenvalue weighted by Crippen LogP contribution is -2.29. The zero-order chi connectivity index (χ0) is 14.6. The van der Waals surface area contributed by atoms with Gasteiger partial charge < -0.3 is 10.6 Å². The van der Waals surface area contributed by atoms with Gasteiger partial charge >= 0.3 is 0 Å². The van der Waals surface area contributed by atoms with Crippen LogP contribution in [0.1, 0.15) is 57.4 Å². The SMILES string of the molecule is CCCCCCCCCNC(=S)Nc1ccc(C)cc1. The van der Waals surface area contributed by atoms with Crippen molar-refractivity contribution in [3.8, 4) is 0 Å². The molecule has 0 amide bonds. The molecule has 0 aliphatic heterocycles. The third-order valence-corrected chi connectivity index (χ3v) is 3.62. The Balaban J connectivity index is 2.01. The van der Waals surface area contributed by atoms with Crippen LogP contribution in [0.3, 0.4) is 0 Å². The first-order valence-corrected chi connectivity index (χ1v) is 8.24. The zero-order valence-electron chi connectivity index (χ0n) is 12.9. The lowest BCUT2D eigenvalue weighted by molar-refractivity contribution is 0.586. The van der Waals surface area contributed by atoms with E-state index in [9.17, 15) is 0 Å². The van der Waals surface area contributed by atoms with Gasteiger partial charge in [0, 0.05) is 12.2 Å². The second-order valence-electron chi connectivity index (χ2n) is 5.37. The molecule has 3 heteroatoms. The summed E-state index contributed by atoms with van der Waals surface area (Å²) in [7, 11) is 0. The van der Waals surface area contributed by atoms with Crippen molar-refractivity contribution in [2.75, 3.05) is 11.9 Å². The lowest BCUT2D eigenvalue weighted by atomic mass is 10.1. The molecule has 1 aromatic rings. The highest BCUT2D eigenvalue weighted by Gasteiger charge is 1.97. The van der Waals surface area contributed by atoms with E-state index in [0.29, 0.717) is 0 Å². The number of hydrogen-bond acceptors (Lipinski definition) is 1. The minimum Gasteiger partial charge on any atom is -0.362 e. The molecule has 112 valence electrons. The van der Waals surface area contributed by atoms with E-state index in [1.54, 1.807) is 0 Å². The van der Waals surface area contributed by atoms with E-state index in [2.05, 4.69) is 48.7 Å². The molecule has 0 aliphatic carbocycles. The average Bonchev–Trinajstić information content (AvgIpc) is 2.44. The van der Waals surface area contributed by atoms with E-state index in [0.717, 1.165) is 17.3 Å². The van der Waals surface area contributed by atoms with Crippen LogP contribution < -0.4 is 10.6 Å². The van der Waals surface area contributed by atoms with Gasteiger partial charge in [0.25, 0.3) is 0 Å². The molecular weight excluding hydrogens is 264 g/mol. The minimum absolute atomic E-state index is 0.722. The van der Waals surface area contributed by atoms with Gasteiger partial charge in [-0.2, -0.15) is 0 Å². The van der Waals surface area contributed by atoms with E-state index >= 15 is 0 Å². The molecule has 0 atom stereocenters. The first-order valence-electron chi connectivity index (χ1n) is 7.84. The molecular formula is C17H28N2S. The molecule has 1 rings (SSSR count). The predicted octanol–water partition coefficient (Wildman–Crippen LogP) is 5.03. The molecule has 20 heavy (non-hydrogen) atoms. The summed E-state index contributed by atoms with van der Waals surface area (Å²) in [6.07, 6.45) is 9.30. The second-order valence-corrected chi connectivity index (χ2v) is 5.78. The summed E-state index contributed by atoms with van der Waals surface area (Å²) in [5.41, 5.74) is 2.31. The number of unbranched alkanes of at least 4 members (excludes halogenated alkanes) is 6. The molecule has 0 bridgehead atoms. The van der Waals surface area contributed by atoms with Crippen molar-refractivity contribution in [2.45, 2.75) is 58.8 Å². The number of hydrogen-bond donors (Lipinski definition) is 2. The standard InChI is InChI=1S/C17H28N2S/c1-3-4-5-6-7-8-9-14-18-17(20)19-16-12-10-15(2)11-13-16/h10-13H,3-9,14H2,1-2H3,(H2,18,19,20). The fraction of sp³-hybridized carbons (Fsp3) is 0.588. The Hall–Kier alpha value is -1.09. The van der Waals surface area contributed by atoms with Crippen LogP contribution in [-0.2, 0) is 0 Å². The highest BCUT2D eigenvalue weighted by molar-refractivity contribution is 7.80. The number of nitrogens with one attached hydrogen (secondary N) is 2. The molecule has 0 aliphatic rings. The van der Waals surface area contributed by atoms with Crippen LogP contribution in [0.2, 0.25) is 0 Å². The van der Waals surface area contributed by atoms with Gasteiger partial charge in [-0.3, -0.25) is 0 Å². The Morgan fingerprint density at radius 1 is 0.950 bits per heavy atom. The highest BCUT2D eigenvalue weighted by Crippen LogP contribution is 2.08. The summed E-state index contributed by atoms with van der Waals surface area (Å²) in [6, 6.07) is 8.27. The lowest BCUT2D eigenvalue weighted by Gasteiger charge is -2.10. The van der Waals surface area contributed by atoms with Gasteiger partial charge in [0.1, 0.15) is 0 Å². The molecule has 0 radical (unpaired) electrons. The predicted molar refractivity (Wildman–Crippen MR) is 93.4 cm³/mol. The molecule has 2 nitrogen and oxygen atoms in total. The molecule has 1 aromatic carbocycles. The van der Waals surface area contributed by atoms with Gasteiger partial charge in [0.15, 0.2) is 5.11 Å². The number of rotatable bonds is 9. The molecule has 0 saturated heterocycles. The topological polar surface area (TPSA) is 24.1 Å². The van der Waals surface area contributed by atoms with Crippen molar-refractivity contribution in [2.24, 2.45) is 0 Å². The van der Waals surface area contributed by atoms with Crippen LogP contribution in [0.5, 0.6) is 0 Å². The third-order valence-electron chi connectivity index (χ3n) is 3.38. The van der Waals surface area contributed by atoms with E-state index in [1.165, 1.54) is 50.5 Å². The summed E-state index contributed by atoms with van der Waals surface area (Å²) in [4.78, 5) is 0. The summed E-state index contributed by atoms with van der Waals surface area (Å²) >= 11 is 5.28. The van der Waals surface area contributed by atoms with E-state index in [4.69, 9.17) is 12.2 Å². The van der Waals surface area contributed by atoms with Gasteiger partial charge in [-0.05, 0) is 37.7 Å².